The highest BCUT2D eigenvalue weighted by Crippen LogP contribution is 2.36. The van der Waals surface area contributed by atoms with Crippen molar-refractivity contribution in [1.29, 1.82) is 0 Å². The molecule has 3 unspecified atom stereocenters. The van der Waals surface area contributed by atoms with Gasteiger partial charge in [-0.1, -0.05) is 6.92 Å². The summed E-state index contributed by atoms with van der Waals surface area (Å²) in [4.78, 5) is 2.40. The number of nitrogens with zero attached hydrogens (tertiary/aromatic N) is 1. The highest BCUT2D eigenvalue weighted by Gasteiger charge is 2.28. The molecule has 4 nitrogen and oxygen atoms in total. The van der Waals surface area contributed by atoms with Crippen LogP contribution in [0.25, 0.3) is 0 Å². The first kappa shape index (κ1) is 13.7. The standard InChI is InChI=1S/C16H24N2O2/c1-10-7-18(9-14(10)17)8-13-6-16-12(4-11(2)20-16)5-15(13)19-3/h5-6,10-11,14H,4,7-9,17H2,1-3H3. The molecule has 1 aromatic rings. The molecule has 1 fully saturated rings. The Balaban J connectivity index is 1.81. The molecule has 3 atom stereocenters. The van der Waals surface area contributed by atoms with Gasteiger partial charge in [-0.2, -0.15) is 0 Å². The SMILES string of the molecule is COc1cc2c(cc1CN1CC(C)C(N)C1)OC(C)C2. The van der Waals surface area contributed by atoms with Crippen LogP contribution in [0.15, 0.2) is 12.1 Å². The predicted octanol–water partition coefficient (Wildman–Crippen LogP) is 1.80. The molecule has 4 heteroatoms. The lowest BCUT2D eigenvalue weighted by molar-refractivity contribution is 0.253. The number of hydrogen-bond donors (Lipinski definition) is 1. The van der Waals surface area contributed by atoms with E-state index in [0.717, 1.165) is 37.6 Å². The molecule has 20 heavy (non-hydrogen) atoms. The van der Waals surface area contributed by atoms with Crippen LogP contribution >= 0.6 is 0 Å². The number of nitrogens with two attached hydrogens (primary N) is 1. The van der Waals surface area contributed by atoms with Crippen LogP contribution in [0.2, 0.25) is 0 Å². The molecule has 0 aromatic heterocycles. The Kier molecular flexibility index (Phi) is 3.61. The fourth-order valence-electron chi connectivity index (χ4n) is 3.26. The molecular formula is C16H24N2O2. The number of fused-ring (bicyclic) bond motifs is 1. The Morgan fingerprint density at radius 1 is 1.35 bits per heavy atom. The molecule has 0 amide bonds. The Hall–Kier alpha value is -1.26. The minimum atomic E-state index is 0.269. The molecule has 0 radical (unpaired) electrons. The summed E-state index contributed by atoms with van der Waals surface area (Å²) in [5, 5.41) is 0. The molecule has 2 heterocycles. The molecule has 0 aliphatic carbocycles. The minimum absolute atomic E-state index is 0.269. The third-order valence-electron chi connectivity index (χ3n) is 4.44. The second-order valence-electron chi connectivity index (χ2n) is 6.24. The Labute approximate surface area is 120 Å². The van der Waals surface area contributed by atoms with Crippen LogP contribution in [-0.2, 0) is 13.0 Å². The summed E-state index contributed by atoms with van der Waals surface area (Å²) in [5.41, 5.74) is 8.55. The van der Waals surface area contributed by atoms with Gasteiger partial charge in [0.15, 0.2) is 0 Å². The average molecular weight is 276 g/mol. The normalized spacial score (nSPS) is 29.3. The van der Waals surface area contributed by atoms with Crippen molar-refractivity contribution in [2.75, 3.05) is 20.2 Å². The zero-order valence-corrected chi connectivity index (χ0v) is 12.6. The molecule has 1 saturated heterocycles. The minimum Gasteiger partial charge on any atom is -0.496 e. The number of methoxy groups -OCH3 is 1. The van der Waals surface area contributed by atoms with Crippen LogP contribution < -0.4 is 15.2 Å². The third kappa shape index (κ3) is 2.50. The van der Waals surface area contributed by atoms with E-state index in [1.54, 1.807) is 7.11 Å². The zero-order chi connectivity index (χ0) is 14.3. The number of rotatable bonds is 3. The number of likely N-dealkylation sites (tertiary alicyclic amines) is 1. The third-order valence-corrected chi connectivity index (χ3v) is 4.44. The van der Waals surface area contributed by atoms with Crippen molar-refractivity contribution >= 4 is 0 Å². The van der Waals surface area contributed by atoms with Crippen molar-refractivity contribution in [1.82, 2.24) is 4.90 Å². The van der Waals surface area contributed by atoms with Crippen LogP contribution in [0.5, 0.6) is 11.5 Å². The van der Waals surface area contributed by atoms with Gasteiger partial charge in [0.2, 0.25) is 0 Å². The van der Waals surface area contributed by atoms with Crippen LogP contribution in [0, 0.1) is 5.92 Å². The molecule has 110 valence electrons. The lowest BCUT2D eigenvalue weighted by Gasteiger charge is -2.18. The maximum atomic E-state index is 6.10. The van der Waals surface area contributed by atoms with Gasteiger partial charge in [-0.3, -0.25) is 4.90 Å². The van der Waals surface area contributed by atoms with Crippen molar-refractivity contribution in [3.05, 3.63) is 23.3 Å². The topological polar surface area (TPSA) is 47.7 Å². The van der Waals surface area contributed by atoms with Crippen molar-refractivity contribution in [3.8, 4) is 11.5 Å². The molecule has 1 aromatic carbocycles. The number of hydrogen-bond acceptors (Lipinski definition) is 4. The van der Waals surface area contributed by atoms with Gasteiger partial charge >= 0.3 is 0 Å². The fourth-order valence-corrected chi connectivity index (χ4v) is 3.26. The maximum Gasteiger partial charge on any atom is 0.123 e. The molecule has 0 saturated carbocycles. The van der Waals surface area contributed by atoms with Crippen molar-refractivity contribution in [3.63, 3.8) is 0 Å². The molecule has 2 aliphatic rings. The number of benzene rings is 1. The molecule has 0 spiro atoms. The summed E-state index contributed by atoms with van der Waals surface area (Å²) in [6.07, 6.45) is 1.24. The highest BCUT2D eigenvalue weighted by atomic mass is 16.5. The Bertz CT molecular complexity index is 493. The summed E-state index contributed by atoms with van der Waals surface area (Å²) < 4.78 is 11.4. The molecule has 2 N–H and O–H groups in total. The van der Waals surface area contributed by atoms with Crippen LogP contribution in [0.3, 0.4) is 0 Å². The van der Waals surface area contributed by atoms with Crippen LogP contribution in [-0.4, -0.2) is 37.2 Å². The van der Waals surface area contributed by atoms with Crippen molar-refractivity contribution in [2.45, 2.75) is 39.0 Å². The van der Waals surface area contributed by atoms with Crippen molar-refractivity contribution < 1.29 is 9.47 Å². The molecule has 2 aliphatic heterocycles. The zero-order valence-electron chi connectivity index (χ0n) is 12.6. The van der Waals surface area contributed by atoms with E-state index in [4.69, 9.17) is 15.2 Å². The second kappa shape index (κ2) is 5.26. The first-order chi connectivity index (χ1) is 9.56. The van der Waals surface area contributed by atoms with E-state index in [9.17, 15) is 0 Å². The summed E-state index contributed by atoms with van der Waals surface area (Å²) in [5.74, 6) is 2.55. The van der Waals surface area contributed by atoms with E-state index >= 15 is 0 Å². The van der Waals surface area contributed by atoms with Gasteiger partial charge in [-0.25, -0.2) is 0 Å². The van der Waals surface area contributed by atoms with E-state index in [1.807, 2.05) is 0 Å². The van der Waals surface area contributed by atoms with E-state index in [-0.39, 0.29) is 12.1 Å². The van der Waals surface area contributed by atoms with Crippen LogP contribution in [0.1, 0.15) is 25.0 Å². The molecular weight excluding hydrogens is 252 g/mol. The number of ether oxygens (including phenoxy) is 2. The average Bonchev–Trinajstić information content (AvgIpc) is 2.90. The largest absolute Gasteiger partial charge is 0.496 e. The second-order valence-corrected chi connectivity index (χ2v) is 6.24. The first-order valence-electron chi connectivity index (χ1n) is 7.41. The van der Waals surface area contributed by atoms with E-state index < -0.39 is 0 Å². The van der Waals surface area contributed by atoms with E-state index in [1.165, 1.54) is 11.1 Å². The lowest BCUT2D eigenvalue weighted by Crippen LogP contribution is -2.28. The summed E-state index contributed by atoms with van der Waals surface area (Å²) in [6.45, 7) is 7.21. The van der Waals surface area contributed by atoms with Gasteiger partial charge in [0.05, 0.1) is 7.11 Å². The van der Waals surface area contributed by atoms with E-state index in [0.29, 0.717) is 5.92 Å². The van der Waals surface area contributed by atoms with Crippen LogP contribution in [0.4, 0.5) is 0 Å². The van der Waals surface area contributed by atoms with Gasteiger partial charge in [0.1, 0.15) is 17.6 Å². The fraction of sp³-hybridized carbons (Fsp3) is 0.625. The monoisotopic (exact) mass is 276 g/mol. The Morgan fingerprint density at radius 2 is 2.15 bits per heavy atom. The van der Waals surface area contributed by atoms with Gasteiger partial charge < -0.3 is 15.2 Å². The van der Waals surface area contributed by atoms with E-state index in [2.05, 4.69) is 30.9 Å². The van der Waals surface area contributed by atoms with Gasteiger partial charge in [0.25, 0.3) is 0 Å². The summed E-state index contributed by atoms with van der Waals surface area (Å²) >= 11 is 0. The van der Waals surface area contributed by atoms with Gasteiger partial charge in [-0.05, 0) is 25.0 Å². The maximum absolute atomic E-state index is 6.10. The highest BCUT2D eigenvalue weighted by molar-refractivity contribution is 5.48. The lowest BCUT2D eigenvalue weighted by atomic mass is 10.1. The molecule has 3 rings (SSSR count). The van der Waals surface area contributed by atoms with Gasteiger partial charge in [-0.15, -0.1) is 0 Å². The summed E-state index contributed by atoms with van der Waals surface area (Å²) in [7, 11) is 1.74. The van der Waals surface area contributed by atoms with Crippen molar-refractivity contribution in [2.24, 2.45) is 11.7 Å². The predicted molar refractivity (Wildman–Crippen MR) is 79.2 cm³/mol. The molecule has 0 bridgehead atoms. The summed E-state index contributed by atoms with van der Waals surface area (Å²) in [6, 6.07) is 4.56. The quantitative estimate of drug-likeness (QED) is 0.914. The van der Waals surface area contributed by atoms with Gasteiger partial charge in [0, 0.05) is 43.2 Å². The Morgan fingerprint density at radius 3 is 2.80 bits per heavy atom. The first-order valence-corrected chi connectivity index (χ1v) is 7.41. The smallest absolute Gasteiger partial charge is 0.123 e.